The second kappa shape index (κ2) is 7.13. The molecule has 9 nitrogen and oxygen atoms in total. The third-order valence-corrected chi connectivity index (χ3v) is 5.54. The molecule has 1 amide bonds. The summed E-state index contributed by atoms with van der Waals surface area (Å²) >= 11 is 1.05. The van der Waals surface area contributed by atoms with Gasteiger partial charge in [-0.05, 0) is 37.6 Å². The van der Waals surface area contributed by atoms with Gasteiger partial charge in [0, 0.05) is 5.56 Å². The van der Waals surface area contributed by atoms with E-state index in [1.807, 2.05) is 0 Å². The third kappa shape index (κ3) is 3.49. The second-order valence-electron chi connectivity index (χ2n) is 6.43. The highest BCUT2D eigenvalue weighted by Gasteiger charge is 2.22. The van der Waals surface area contributed by atoms with Gasteiger partial charge in [0.15, 0.2) is 19.0 Å². The number of aryl methyl sites for hydroxylation is 2. The first-order valence-electron chi connectivity index (χ1n) is 8.60. The number of anilines is 1. The van der Waals surface area contributed by atoms with Crippen LogP contribution >= 0.6 is 11.3 Å². The largest absolute Gasteiger partial charge is 0.482 e. The van der Waals surface area contributed by atoms with Crippen molar-refractivity contribution < 1.29 is 23.9 Å². The summed E-state index contributed by atoms with van der Waals surface area (Å²) in [4.78, 5) is 55.9. The van der Waals surface area contributed by atoms with Crippen LogP contribution in [0.3, 0.4) is 0 Å². The number of esters is 1. The highest BCUT2D eigenvalue weighted by Crippen LogP contribution is 2.29. The van der Waals surface area contributed by atoms with Crippen molar-refractivity contribution in [2.75, 3.05) is 18.5 Å². The van der Waals surface area contributed by atoms with Gasteiger partial charge >= 0.3 is 5.97 Å². The number of carbonyl (C=O) groups is 3. The molecule has 0 saturated heterocycles. The Kier molecular flexibility index (Phi) is 4.63. The molecule has 0 atom stereocenters. The van der Waals surface area contributed by atoms with Gasteiger partial charge in [0.1, 0.15) is 21.3 Å². The minimum atomic E-state index is -0.703. The molecule has 0 saturated carbocycles. The molecule has 1 aromatic carbocycles. The van der Waals surface area contributed by atoms with Gasteiger partial charge in [0.25, 0.3) is 11.5 Å². The molecule has 3 aromatic rings. The molecule has 1 aliphatic rings. The number of nitrogens with zero attached hydrogens (tertiary/aromatic N) is 1. The van der Waals surface area contributed by atoms with Crippen LogP contribution in [0.25, 0.3) is 10.2 Å². The lowest BCUT2D eigenvalue weighted by Gasteiger charge is -2.18. The first-order valence-corrected chi connectivity index (χ1v) is 9.42. The molecule has 3 heterocycles. The lowest BCUT2D eigenvalue weighted by molar-refractivity contribution is -0.118. The fourth-order valence-electron chi connectivity index (χ4n) is 2.98. The molecule has 0 fully saturated rings. The van der Waals surface area contributed by atoms with E-state index in [1.54, 1.807) is 19.9 Å². The number of benzene rings is 1. The third-order valence-electron chi connectivity index (χ3n) is 4.37. The fraction of sp³-hybridized carbons (Fsp3) is 0.211. The van der Waals surface area contributed by atoms with E-state index in [0.29, 0.717) is 33.0 Å². The Morgan fingerprint density at radius 2 is 2.07 bits per heavy atom. The molecule has 148 valence electrons. The zero-order chi connectivity index (χ0) is 20.7. The Bertz CT molecular complexity index is 1240. The van der Waals surface area contributed by atoms with Crippen molar-refractivity contribution in [3.05, 3.63) is 50.4 Å². The Morgan fingerprint density at radius 3 is 2.86 bits per heavy atom. The number of fused-ring (bicyclic) bond motifs is 2. The van der Waals surface area contributed by atoms with E-state index < -0.39 is 18.4 Å². The van der Waals surface area contributed by atoms with Crippen LogP contribution in [0.5, 0.6) is 5.75 Å². The van der Waals surface area contributed by atoms with Crippen LogP contribution in [0.15, 0.2) is 23.0 Å². The highest BCUT2D eigenvalue weighted by molar-refractivity contribution is 7.20. The fourth-order valence-corrected chi connectivity index (χ4v) is 4.10. The van der Waals surface area contributed by atoms with Crippen molar-refractivity contribution in [1.82, 2.24) is 9.97 Å². The Balaban J connectivity index is 1.51. The molecule has 2 aromatic heterocycles. The zero-order valence-electron chi connectivity index (χ0n) is 15.5. The summed E-state index contributed by atoms with van der Waals surface area (Å²) in [6.45, 7) is 2.72. The maximum atomic E-state index is 12.5. The maximum absolute atomic E-state index is 12.5. The number of ether oxygens (including phenoxy) is 2. The van der Waals surface area contributed by atoms with Crippen molar-refractivity contribution in [2.45, 2.75) is 13.8 Å². The van der Waals surface area contributed by atoms with E-state index in [0.717, 1.165) is 11.3 Å². The van der Waals surface area contributed by atoms with E-state index >= 15 is 0 Å². The molecular formula is C19H15N3O6S. The summed E-state index contributed by atoms with van der Waals surface area (Å²) < 4.78 is 10.4. The molecule has 0 radical (unpaired) electrons. The number of aromatic amines is 1. The van der Waals surface area contributed by atoms with Crippen molar-refractivity contribution >= 4 is 44.9 Å². The molecule has 1 aliphatic heterocycles. The van der Waals surface area contributed by atoms with Crippen LogP contribution in [0.1, 0.15) is 31.4 Å². The Morgan fingerprint density at radius 1 is 1.28 bits per heavy atom. The van der Waals surface area contributed by atoms with Gasteiger partial charge in [0.05, 0.1) is 11.1 Å². The second-order valence-corrected chi connectivity index (χ2v) is 7.43. The van der Waals surface area contributed by atoms with Crippen molar-refractivity contribution in [3.63, 3.8) is 0 Å². The summed E-state index contributed by atoms with van der Waals surface area (Å²) in [5.74, 6) is -0.543. The van der Waals surface area contributed by atoms with Crippen LogP contribution < -0.4 is 15.6 Å². The summed E-state index contributed by atoms with van der Waals surface area (Å²) in [6.07, 6.45) is 0. The predicted octanol–water partition coefficient (Wildman–Crippen LogP) is 1.97. The topological polar surface area (TPSA) is 127 Å². The van der Waals surface area contributed by atoms with Crippen LogP contribution in [-0.2, 0) is 9.53 Å². The van der Waals surface area contributed by atoms with Crippen molar-refractivity contribution in [2.24, 2.45) is 0 Å². The van der Waals surface area contributed by atoms with E-state index in [9.17, 15) is 19.2 Å². The number of Topliss-reactive ketones (excluding diaryl/α,β-unsaturated/α-hetero) is 1. The number of nitrogens with one attached hydrogen (secondary N) is 2. The van der Waals surface area contributed by atoms with E-state index in [4.69, 9.17) is 9.47 Å². The van der Waals surface area contributed by atoms with Gasteiger partial charge < -0.3 is 19.8 Å². The number of ketones is 1. The molecule has 2 N–H and O–H groups in total. The van der Waals surface area contributed by atoms with Gasteiger partial charge in [-0.25, -0.2) is 9.78 Å². The first kappa shape index (κ1) is 18.8. The molecule has 10 heteroatoms. The molecule has 0 aliphatic carbocycles. The van der Waals surface area contributed by atoms with Crippen molar-refractivity contribution in [1.29, 1.82) is 0 Å². The first-order chi connectivity index (χ1) is 13.8. The summed E-state index contributed by atoms with van der Waals surface area (Å²) in [6, 6.07) is 4.57. The number of carbonyl (C=O) groups excluding carboxylic acids is 3. The molecule has 29 heavy (non-hydrogen) atoms. The zero-order valence-corrected chi connectivity index (χ0v) is 16.3. The minimum Gasteiger partial charge on any atom is -0.482 e. The number of amides is 1. The number of H-pyrrole nitrogens is 1. The van der Waals surface area contributed by atoms with Gasteiger partial charge in [-0.1, -0.05) is 0 Å². The van der Waals surface area contributed by atoms with Gasteiger partial charge in [-0.2, -0.15) is 0 Å². The standard InChI is InChI=1S/C19H15N3O6S/c1-8-15-17(25)20-9(2)21-18(15)29-16(8)19(26)28-6-12(23)10-3-4-13-11(5-10)22-14(24)7-27-13/h3-5H,6-7H2,1-2H3,(H,22,24)(H,20,21,25). The van der Waals surface area contributed by atoms with E-state index in [-0.39, 0.29) is 28.5 Å². The van der Waals surface area contributed by atoms with Crippen LogP contribution in [-0.4, -0.2) is 40.8 Å². The van der Waals surface area contributed by atoms with Gasteiger partial charge in [0.2, 0.25) is 0 Å². The van der Waals surface area contributed by atoms with Crippen LogP contribution in [0.4, 0.5) is 5.69 Å². The number of hydrogen-bond donors (Lipinski definition) is 2. The lowest BCUT2D eigenvalue weighted by atomic mass is 10.1. The van der Waals surface area contributed by atoms with Crippen LogP contribution in [0, 0.1) is 13.8 Å². The summed E-state index contributed by atoms with van der Waals surface area (Å²) in [5, 5.41) is 2.95. The Labute approximate surface area is 167 Å². The average molecular weight is 413 g/mol. The average Bonchev–Trinajstić information content (AvgIpc) is 3.01. The molecular weight excluding hydrogens is 398 g/mol. The SMILES string of the molecule is Cc1nc2sc(C(=O)OCC(=O)c3ccc4c(c3)NC(=O)CO4)c(C)c2c(=O)[nH]1. The molecule has 0 bridgehead atoms. The van der Waals surface area contributed by atoms with Gasteiger partial charge in [-0.15, -0.1) is 11.3 Å². The summed E-state index contributed by atoms with van der Waals surface area (Å²) in [5.41, 5.74) is 0.795. The highest BCUT2D eigenvalue weighted by atomic mass is 32.1. The minimum absolute atomic E-state index is 0.0797. The Hall–Kier alpha value is -3.53. The number of hydrogen-bond acceptors (Lipinski definition) is 8. The van der Waals surface area contributed by atoms with E-state index in [1.165, 1.54) is 12.1 Å². The van der Waals surface area contributed by atoms with Gasteiger partial charge in [-0.3, -0.25) is 14.4 Å². The van der Waals surface area contributed by atoms with Crippen molar-refractivity contribution in [3.8, 4) is 5.75 Å². The summed E-state index contributed by atoms with van der Waals surface area (Å²) in [7, 11) is 0. The normalized spacial score (nSPS) is 12.8. The number of thiophene rings is 1. The number of rotatable bonds is 4. The molecule has 4 rings (SSSR count). The predicted molar refractivity (Wildman–Crippen MR) is 105 cm³/mol. The van der Waals surface area contributed by atoms with Crippen LogP contribution in [0.2, 0.25) is 0 Å². The molecule has 0 spiro atoms. The maximum Gasteiger partial charge on any atom is 0.349 e. The monoisotopic (exact) mass is 413 g/mol. The lowest BCUT2D eigenvalue weighted by Crippen LogP contribution is -2.25. The van der Waals surface area contributed by atoms with E-state index in [2.05, 4.69) is 15.3 Å². The quantitative estimate of drug-likeness (QED) is 0.494. The smallest absolute Gasteiger partial charge is 0.349 e. The molecule has 0 unspecified atom stereocenters. The number of aromatic nitrogens is 2.